The van der Waals surface area contributed by atoms with Gasteiger partial charge in [-0.3, -0.25) is 4.79 Å². The molecule has 0 radical (unpaired) electrons. The van der Waals surface area contributed by atoms with Gasteiger partial charge in [-0.15, -0.1) is 6.42 Å². The molecule has 0 aliphatic heterocycles. The monoisotopic (exact) mass is 292 g/mol. The number of carbonyl (C=O) groups excluding carboxylic acids is 1. The zero-order valence-electron chi connectivity index (χ0n) is 9.40. The second-order valence-corrected chi connectivity index (χ2v) is 5.01. The number of pyridine rings is 1. The number of terminal acetylenes is 1. The highest BCUT2D eigenvalue weighted by Crippen LogP contribution is 2.30. The zero-order chi connectivity index (χ0) is 12.3. The van der Waals surface area contributed by atoms with E-state index >= 15 is 0 Å². The molecule has 0 N–H and O–H groups in total. The minimum absolute atomic E-state index is 0.0158. The van der Waals surface area contributed by atoms with Crippen LogP contribution in [0.3, 0.4) is 0 Å². The van der Waals surface area contributed by atoms with Crippen LogP contribution in [0.1, 0.15) is 23.2 Å². The fourth-order valence-corrected chi connectivity index (χ4v) is 2.02. The van der Waals surface area contributed by atoms with Crippen LogP contribution in [0.5, 0.6) is 0 Å². The molecule has 2 rings (SSSR count). The number of rotatable bonds is 4. The molecule has 1 saturated carbocycles. The Morgan fingerprint density at radius 2 is 2.41 bits per heavy atom. The van der Waals surface area contributed by atoms with Crippen molar-refractivity contribution in [1.82, 2.24) is 9.88 Å². The van der Waals surface area contributed by atoms with Crippen LogP contribution in [0.25, 0.3) is 0 Å². The van der Waals surface area contributed by atoms with Crippen LogP contribution < -0.4 is 0 Å². The van der Waals surface area contributed by atoms with Crippen LogP contribution >= 0.6 is 15.9 Å². The maximum atomic E-state index is 12.2. The zero-order valence-corrected chi connectivity index (χ0v) is 11.0. The molecule has 1 aliphatic carbocycles. The maximum Gasteiger partial charge on any atom is 0.254 e. The van der Waals surface area contributed by atoms with Gasteiger partial charge in [-0.05, 0) is 46.8 Å². The minimum Gasteiger partial charge on any atom is -0.327 e. The van der Waals surface area contributed by atoms with E-state index in [1.807, 2.05) is 0 Å². The van der Waals surface area contributed by atoms with E-state index in [4.69, 9.17) is 6.42 Å². The third-order valence-corrected chi connectivity index (χ3v) is 3.15. The van der Waals surface area contributed by atoms with Gasteiger partial charge in [-0.2, -0.15) is 0 Å². The van der Waals surface area contributed by atoms with Gasteiger partial charge < -0.3 is 4.90 Å². The molecule has 88 valence electrons. The lowest BCUT2D eigenvalue weighted by atomic mass is 10.2. The average molecular weight is 293 g/mol. The number of aromatic nitrogens is 1. The van der Waals surface area contributed by atoms with Crippen molar-refractivity contribution in [3.05, 3.63) is 28.5 Å². The Hall–Kier alpha value is -1.34. The van der Waals surface area contributed by atoms with Crippen molar-refractivity contribution in [1.29, 1.82) is 0 Å². The number of nitrogens with zero attached hydrogens (tertiary/aromatic N) is 2. The van der Waals surface area contributed by atoms with Gasteiger partial charge in [-0.1, -0.05) is 5.92 Å². The predicted molar refractivity (Wildman–Crippen MR) is 69.4 cm³/mol. The van der Waals surface area contributed by atoms with Gasteiger partial charge in [0.25, 0.3) is 5.91 Å². The first-order valence-electron chi connectivity index (χ1n) is 5.55. The Kier molecular flexibility index (Phi) is 3.80. The molecule has 0 spiro atoms. The standard InChI is InChI=1S/C13H13BrN2O/c1-2-7-16(9-10-3-4-10)13(17)11-5-6-15-12(14)8-11/h1,5-6,8,10H,3-4,7,9H2. The highest BCUT2D eigenvalue weighted by Gasteiger charge is 2.26. The molecule has 1 heterocycles. The summed E-state index contributed by atoms with van der Waals surface area (Å²) in [5.41, 5.74) is 0.628. The molecular weight excluding hydrogens is 280 g/mol. The molecule has 1 aromatic rings. The number of halogens is 1. The summed E-state index contributed by atoms with van der Waals surface area (Å²) in [6.07, 6.45) is 9.32. The number of hydrogen-bond donors (Lipinski definition) is 0. The summed E-state index contributed by atoms with van der Waals surface area (Å²) in [6, 6.07) is 3.43. The Morgan fingerprint density at radius 1 is 1.65 bits per heavy atom. The second kappa shape index (κ2) is 5.33. The number of hydrogen-bond acceptors (Lipinski definition) is 2. The largest absolute Gasteiger partial charge is 0.327 e. The lowest BCUT2D eigenvalue weighted by Gasteiger charge is -2.20. The average Bonchev–Trinajstić information content (AvgIpc) is 3.11. The smallest absolute Gasteiger partial charge is 0.254 e. The van der Waals surface area contributed by atoms with Crippen LogP contribution in [-0.2, 0) is 0 Å². The van der Waals surface area contributed by atoms with Crippen molar-refractivity contribution in [2.24, 2.45) is 5.92 Å². The third kappa shape index (κ3) is 3.31. The summed E-state index contributed by atoms with van der Waals surface area (Å²) in [4.78, 5) is 18.0. The maximum absolute atomic E-state index is 12.2. The van der Waals surface area contributed by atoms with Gasteiger partial charge in [0, 0.05) is 18.3 Å². The van der Waals surface area contributed by atoms with Crippen LogP contribution in [0, 0.1) is 18.3 Å². The van der Waals surface area contributed by atoms with Crippen molar-refractivity contribution >= 4 is 21.8 Å². The first-order valence-corrected chi connectivity index (χ1v) is 6.34. The molecule has 0 aromatic carbocycles. The van der Waals surface area contributed by atoms with E-state index in [0.717, 1.165) is 6.54 Å². The van der Waals surface area contributed by atoms with Gasteiger partial charge in [-0.25, -0.2) is 4.98 Å². The summed E-state index contributed by atoms with van der Waals surface area (Å²) < 4.78 is 0.662. The molecule has 1 amide bonds. The SMILES string of the molecule is C#CCN(CC1CC1)C(=O)c1ccnc(Br)c1. The summed E-state index contributed by atoms with van der Waals surface area (Å²) in [5, 5.41) is 0. The van der Waals surface area contributed by atoms with E-state index in [-0.39, 0.29) is 5.91 Å². The fraction of sp³-hybridized carbons (Fsp3) is 0.385. The topological polar surface area (TPSA) is 33.2 Å². The molecule has 1 fully saturated rings. The fourth-order valence-electron chi connectivity index (χ4n) is 1.66. The van der Waals surface area contributed by atoms with E-state index in [2.05, 4.69) is 26.8 Å². The quantitative estimate of drug-likeness (QED) is 0.630. The molecule has 1 aliphatic rings. The summed E-state index contributed by atoms with van der Waals surface area (Å²) in [7, 11) is 0. The molecule has 1 aromatic heterocycles. The molecule has 3 nitrogen and oxygen atoms in total. The first kappa shape index (κ1) is 12.1. The van der Waals surface area contributed by atoms with Gasteiger partial charge in [0.15, 0.2) is 0 Å². The minimum atomic E-state index is -0.0158. The lowest BCUT2D eigenvalue weighted by molar-refractivity contribution is 0.0769. The van der Waals surface area contributed by atoms with Crippen molar-refractivity contribution in [2.45, 2.75) is 12.8 Å². The molecule has 0 bridgehead atoms. The lowest BCUT2D eigenvalue weighted by Crippen LogP contribution is -2.33. The van der Waals surface area contributed by atoms with E-state index in [1.165, 1.54) is 12.8 Å². The summed E-state index contributed by atoms with van der Waals surface area (Å²) in [5.74, 6) is 3.16. The number of amides is 1. The van der Waals surface area contributed by atoms with Crippen LogP contribution in [0.2, 0.25) is 0 Å². The molecule has 0 saturated heterocycles. The molecule has 17 heavy (non-hydrogen) atoms. The van der Waals surface area contributed by atoms with E-state index < -0.39 is 0 Å². The third-order valence-electron chi connectivity index (χ3n) is 2.72. The van der Waals surface area contributed by atoms with Crippen LogP contribution in [-0.4, -0.2) is 28.9 Å². The summed E-state index contributed by atoms with van der Waals surface area (Å²) >= 11 is 3.26. The van der Waals surface area contributed by atoms with Crippen molar-refractivity contribution in [2.75, 3.05) is 13.1 Å². The van der Waals surface area contributed by atoms with Gasteiger partial charge in [0.05, 0.1) is 6.54 Å². The highest BCUT2D eigenvalue weighted by atomic mass is 79.9. The van der Waals surface area contributed by atoms with Gasteiger partial charge in [0.2, 0.25) is 0 Å². The Balaban J connectivity index is 2.12. The van der Waals surface area contributed by atoms with Crippen molar-refractivity contribution in [3.8, 4) is 12.3 Å². The Labute approximate surface area is 109 Å². The van der Waals surface area contributed by atoms with E-state index in [0.29, 0.717) is 22.6 Å². The Bertz CT molecular complexity index is 463. The number of carbonyl (C=O) groups is 1. The van der Waals surface area contributed by atoms with Crippen LogP contribution in [0.15, 0.2) is 22.9 Å². The Morgan fingerprint density at radius 3 is 3.00 bits per heavy atom. The van der Waals surface area contributed by atoms with E-state index in [9.17, 15) is 4.79 Å². The highest BCUT2D eigenvalue weighted by molar-refractivity contribution is 9.10. The molecule has 0 unspecified atom stereocenters. The van der Waals surface area contributed by atoms with Crippen LogP contribution in [0.4, 0.5) is 0 Å². The summed E-state index contributed by atoms with van der Waals surface area (Å²) in [6.45, 7) is 1.14. The molecule has 4 heteroatoms. The normalized spacial score (nSPS) is 14.1. The van der Waals surface area contributed by atoms with E-state index in [1.54, 1.807) is 23.2 Å². The molecule has 0 atom stereocenters. The van der Waals surface area contributed by atoms with Crippen molar-refractivity contribution < 1.29 is 4.79 Å². The predicted octanol–water partition coefficient (Wildman–Crippen LogP) is 2.33. The molecular formula is C13H13BrN2O. The van der Waals surface area contributed by atoms with Crippen molar-refractivity contribution in [3.63, 3.8) is 0 Å². The van der Waals surface area contributed by atoms with Gasteiger partial charge >= 0.3 is 0 Å². The van der Waals surface area contributed by atoms with Gasteiger partial charge in [0.1, 0.15) is 4.60 Å². The second-order valence-electron chi connectivity index (χ2n) is 4.20. The first-order chi connectivity index (χ1) is 8.20.